The van der Waals surface area contributed by atoms with Gasteiger partial charge in [0, 0.05) is 18.1 Å². The molecule has 1 saturated heterocycles. The molecular weight excluding hydrogens is 300 g/mol. The van der Waals surface area contributed by atoms with Gasteiger partial charge >= 0.3 is 10.2 Å². The molecule has 112 valence electrons. The van der Waals surface area contributed by atoms with Gasteiger partial charge in [0.1, 0.15) is 5.75 Å². The van der Waals surface area contributed by atoms with Crippen LogP contribution in [0.4, 0.5) is 5.69 Å². The highest BCUT2D eigenvalue weighted by molar-refractivity contribution is 7.90. The van der Waals surface area contributed by atoms with Crippen molar-refractivity contribution in [1.82, 2.24) is 4.31 Å². The van der Waals surface area contributed by atoms with E-state index in [4.69, 9.17) is 16.3 Å². The summed E-state index contributed by atoms with van der Waals surface area (Å²) in [4.78, 5) is 0. The molecule has 0 saturated carbocycles. The molecule has 5 nitrogen and oxygen atoms in total. The number of piperidine rings is 1. The SMILES string of the molecule is COc1ccc(Cl)cc1NS(=O)(=O)N1CCC(C)CC1. The number of hydrogen-bond donors (Lipinski definition) is 1. The Labute approximate surface area is 125 Å². The Morgan fingerprint density at radius 1 is 1.35 bits per heavy atom. The zero-order valence-electron chi connectivity index (χ0n) is 11.6. The summed E-state index contributed by atoms with van der Waals surface area (Å²) in [5, 5.41) is 0.454. The van der Waals surface area contributed by atoms with Crippen LogP contribution < -0.4 is 9.46 Å². The Morgan fingerprint density at radius 2 is 2.00 bits per heavy atom. The lowest BCUT2D eigenvalue weighted by atomic mass is 10.0. The molecule has 0 unspecified atom stereocenters. The van der Waals surface area contributed by atoms with E-state index in [0.29, 0.717) is 35.5 Å². The molecule has 7 heteroatoms. The summed E-state index contributed by atoms with van der Waals surface area (Å²) in [5.74, 6) is 1.02. The maximum atomic E-state index is 12.4. The van der Waals surface area contributed by atoms with E-state index < -0.39 is 10.2 Å². The Kier molecular flexibility index (Phi) is 4.78. The zero-order chi connectivity index (χ0) is 14.8. The third kappa shape index (κ3) is 3.56. The maximum absolute atomic E-state index is 12.4. The first-order chi connectivity index (χ1) is 9.42. The van der Waals surface area contributed by atoms with Crippen LogP contribution in [0.15, 0.2) is 18.2 Å². The van der Waals surface area contributed by atoms with E-state index in [1.165, 1.54) is 11.4 Å². The van der Waals surface area contributed by atoms with Crippen molar-refractivity contribution in [3.63, 3.8) is 0 Å². The minimum atomic E-state index is -3.56. The minimum Gasteiger partial charge on any atom is -0.495 e. The predicted molar refractivity (Wildman–Crippen MR) is 80.5 cm³/mol. The van der Waals surface area contributed by atoms with Gasteiger partial charge in [-0.25, -0.2) is 0 Å². The van der Waals surface area contributed by atoms with Crippen LogP contribution in [0.3, 0.4) is 0 Å². The van der Waals surface area contributed by atoms with Crippen molar-refractivity contribution in [1.29, 1.82) is 0 Å². The maximum Gasteiger partial charge on any atom is 0.301 e. The van der Waals surface area contributed by atoms with Crippen LogP contribution in [-0.2, 0) is 10.2 Å². The van der Waals surface area contributed by atoms with Gasteiger partial charge in [-0.15, -0.1) is 0 Å². The molecule has 1 aromatic rings. The topological polar surface area (TPSA) is 58.6 Å². The number of methoxy groups -OCH3 is 1. The van der Waals surface area contributed by atoms with Gasteiger partial charge in [0.2, 0.25) is 0 Å². The third-order valence-electron chi connectivity index (χ3n) is 3.48. The molecule has 1 N–H and O–H groups in total. The number of halogens is 1. The highest BCUT2D eigenvalue weighted by Crippen LogP contribution is 2.29. The molecule has 0 aromatic heterocycles. The molecule has 0 atom stereocenters. The Balaban J connectivity index is 2.18. The highest BCUT2D eigenvalue weighted by atomic mass is 35.5. The van der Waals surface area contributed by atoms with Crippen molar-refractivity contribution >= 4 is 27.5 Å². The van der Waals surface area contributed by atoms with Crippen molar-refractivity contribution in [2.45, 2.75) is 19.8 Å². The first-order valence-corrected chi connectivity index (χ1v) is 8.35. The van der Waals surface area contributed by atoms with Crippen molar-refractivity contribution in [3.8, 4) is 5.75 Å². The van der Waals surface area contributed by atoms with E-state index >= 15 is 0 Å². The fraction of sp³-hybridized carbons (Fsp3) is 0.538. The number of benzene rings is 1. The van der Waals surface area contributed by atoms with E-state index in [1.807, 2.05) is 0 Å². The van der Waals surface area contributed by atoms with Crippen LogP contribution in [0.1, 0.15) is 19.8 Å². The number of nitrogens with one attached hydrogen (secondary N) is 1. The first-order valence-electron chi connectivity index (χ1n) is 6.54. The van der Waals surface area contributed by atoms with Gasteiger partial charge in [-0.3, -0.25) is 4.72 Å². The van der Waals surface area contributed by atoms with Crippen molar-refractivity contribution in [2.24, 2.45) is 5.92 Å². The second-order valence-corrected chi connectivity index (χ2v) is 7.14. The third-order valence-corrected chi connectivity index (χ3v) is 5.24. The smallest absolute Gasteiger partial charge is 0.301 e. The summed E-state index contributed by atoms with van der Waals surface area (Å²) in [5.41, 5.74) is 0.360. The van der Waals surface area contributed by atoms with E-state index in [-0.39, 0.29) is 0 Å². The van der Waals surface area contributed by atoms with Crippen molar-refractivity contribution in [2.75, 3.05) is 24.9 Å². The lowest BCUT2D eigenvalue weighted by molar-refractivity contribution is 0.289. The summed E-state index contributed by atoms with van der Waals surface area (Å²) in [7, 11) is -2.07. The van der Waals surface area contributed by atoms with Gasteiger partial charge < -0.3 is 4.74 Å². The number of ether oxygens (including phenoxy) is 1. The highest BCUT2D eigenvalue weighted by Gasteiger charge is 2.27. The summed E-state index contributed by atoms with van der Waals surface area (Å²) in [6, 6.07) is 4.84. The standard InChI is InChI=1S/C13H19ClN2O3S/c1-10-5-7-16(8-6-10)20(17,18)15-12-9-11(14)3-4-13(12)19-2/h3-4,9-10,15H,5-8H2,1-2H3. The molecule has 1 aliphatic heterocycles. The van der Waals surface area contributed by atoms with Gasteiger partial charge in [-0.1, -0.05) is 18.5 Å². The molecule has 0 spiro atoms. The largest absolute Gasteiger partial charge is 0.495 e. The molecule has 0 aliphatic carbocycles. The van der Waals surface area contributed by atoms with Crippen molar-refractivity contribution in [3.05, 3.63) is 23.2 Å². The van der Waals surface area contributed by atoms with Crippen LogP contribution in [-0.4, -0.2) is 32.9 Å². The quantitative estimate of drug-likeness (QED) is 0.928. The van der Waals surface area contributed by atoms with Crippen molar-refractivity contribution < 1.29 is 13.2 Å². The number of hydrogen-bond acceptors (Lipinski definition) is 3. The summed E-state index contributed by atoms with van der Waals surface area (Å²) in [6.45, 7) is 3.22. The number of rotatable bonds is 4. The molecule has 20 heavy (non-hydrogen) atoms. The zero-order valence-corrected chi connectivity index (χ0v) is 13.2. The summed E-state index contributed by atoms with van der Waals surface area (Å²) in [6.07, 6.45) is 1.77. The van der Waals surface area contributed by atoms with Crippen LogP contribution in [0.5, 0.6) is 5.75 Å². The molecule has 0 bridgehead atoms. The van der Waals surface area contributed by atoms with Crippen LogP contribution in [0, 0.1) is 5.92 Å². The fourth-order valence-corrected chi connectivity index (χ4v) is 3.62. The first kappa shape index (κ1) is 15.4. The summed E-state index contributed by atoms with van der Waals surface area (Å²) < 4.78 is 33.9. The van der Waals surface area contributed by atoms with Gasteiger partial charge in [0.15, 0.2) is 0 Å². The second-order valence-electron chi connectivity index (χ2n) is 5.03. The lowest BCUT2D eigenvalue weighted by Crippen LogP contribution is -2.41. The summed E-state index contributed by atoms with van der Waals surface area (Å²) >= 11 is 5.90. The molecule has 1 fully saturated rings. The predicted octanol–water partition coefficient (Wildman–Crippen LogP) is 2.74. The molecule has 0 radical (unpaired) electrons. The second kappa shape index (κ2) is 6.20. The fourth-order valence-electron chi connectivity index (χ4n) is 2.19. The van der Waals surface area contributed by atoms with Gasteiger partial charge in [-0.2, -0.15) is 12.7 Å². The Morgan fingerprint density at radius 3 is 2.60 bits per heavy atom. The van der Waals surface area contributed by atoms with Gasteiger partial charge in [0.25, 0.3) is 0 Å². The average Bonchev–Trinajstić information content (AvgIpc) is 2.39. The minimum absolute atomic E-state index is 0.360. The van der Waals surface area contributed by atoms with E-state index in [1.54, 1.807) is 18.2 Å². The Bertz CT molecular complexity index is 569. The molecule has 1 aliphatic rings. The van der Waals surface area contributed by atoms with E-state index in [2.05, 4.69) is 11.6 Å². The van der Waals surface area contributed by atoms with E-state index in [0.717, 1.165) is 12.8 Å². The van der Waals surface area contributed by atoms with Gasteiger partial charge in [-0.05, 0) is 37.0 Å². The Hall–Kier alpha value is -0.980. The van der Waals surface area contributed by atoms with Gasteiger partial charge in [0.05, 0.1) is 12.8 Å². The van der Waals surface area contributed by atoms with E-state index in [9.17, 15) is 8.42 Å². The average molecular weight is 319 g/mol. The normalized spacial score (nSPS) is 17.9. The monoisotopic (exact) mass is 318 g/mol. The van der Waals surface area contributed by atoms with Crippen LogP contribution in [0.25, 0.3) is 0 Å². The van der Waals surface area contributed by atoms with Crippen LogP contribution in [0.2, 0.25) is 5.02 Å². The molecule has 1 heterocycles. The number of anilines is 1. The van der Waals surface area contributed by atoms with Crippen LogP contribution >= 0.6 is 11.6 Å². The molecule has 1 aromatic carbocycles. The lowest BCUT2D eigenvalue weighted by Gasteiger charge is -2.29. The number of nitrogens with zero attached hydrogens (tertiary/aromatic N) is 1. The molecule has 2 rings (SSSR count). The molecule has 0 amide bonds. The molecular formula is C13H19ClN2O3S.